The van der Waals surface area contributed by atoms with Crippen molar-refractivity contribution in [3.05, 3.63) is 106 Å². The van der Waals surface area contributed by atoms with Crippen LogP contribution in [0.3, 0.4) is 0 Å². The van der Waals surface area contributed by atoms with Crippen LogP contribution in [0, 0.1) is 0 Å². The minimum Gasteiger partial charge on any atom is -0.497 e. The predicted molar refractivity (Wildman–Crippen MR) is 162 cm³/mol. The fraction of sp³-hybridized carbons (Fsp3) is 0.129. The van der Waals surface area contributed by atoms with Crippen LogP contribution in [0.5, 0.6) is 11.5 Å². The van der Waals surface area contributed by atoms with Crippen LogP contribution in [0.1, 0.15) is 11.1 Å². The Morgan fingerprint density at radius 2 is 1.73 bits per heavy atom. The van der Waals surface area contributed by atoms with E-state index in [1.54, 1.807) is 37.5 Å². The largest absolute Gasteiger partial charge is 0.497 e. The third kappa shape index (κ3) is 5.57. The number of thiocarbonyl (C=S) groups is 1. The Labute approximate surface area is 245 Å². The van der Waals surface area contributed by atoms with Crippen LogP contribution in [-0.4, -0.2) is 42.7 Å². The molecule has 1 amide bonds. The molecule has 40 heavy (non-hydrogen) atoms. The van der Waals surface area contributed by atoms with Crippen molar-refractivity contribution >= 4 is 67.7 Å². The van der Waals surface area contributed by atoms with E-state index in [9.17, 15) is 9.59 Å². The Hall–Kier alpha value is -4.21. The molecular weight excluding hydrogens is 592 g/mol. The second-order valence-corrected chi connectivity index (χ2v) is 10.1. The average Bonchev–Trinajstić information content (AvgIpc) is 3.20. The van der Waals surface area contributed by atoms with Crippen molar-refractivity contribution in [3.63, 3.8) is 0 Å². The maximum absolute atomic E-state index is 13.6. The SMILES string of the molecule is COC(=O)CN1C(=S)N(c2ccc(OC)cc2)C(=O)/C1=C/c1ccc(OCc2cccc3ccccc23)c(Br)c1. The maximum Gasteiger partial charge on any atom is 0.325 e. The highest BCUT2D eigenvalue weighted by atomic mass is 79.9. The summed E-state index contributed by atoms with van der Waals surface area (Å²) in [6.45, 7) is 0.198. The van der Waals surface area contributed by atoms with Crippen LogP contribution in [0.4, 0.5) is 5.69 Å². The monoisotopic (exact) mass is 616 g/mol. The molecule has 4 aromatic rings. The van der Waals surface area contributed by atoms with Gasteiger partial charge in [-0.1, -0.05) is 48.5 Å². The minimum absolute atomic E-state index is 0.181. The smallest absolute Gasteiger partial charge is 0.325 e. The van der Waals surface area contributed by atoms with Gasteiger partial charge < -0.3 is 19.1 Å². The first kappa shape index (κ1) is 27.4. The highest BCUT2D eigenvalue weighted by molar-refractivity contribution is 9.10. The van der Waals surface area contributed by atoms with E-state index in [0.29, 0.717) is 23.8 Å². The number of anilines is 1. The summed E-state index contributed by atoms with van der Waals surface area (Å²) >= 11 is 9.23. The van der Waals surface area contributed by atoms with Gasteiger partial charge in [0.1, 0.15) is 30.3 Å². The van der Waals surface area contributed by atoms with Gasteiger partial charge in [-0.2, -0.15) is 0 Å². The van der Waals surface area contributed by atoms with E-state index in [4.69, 9.17) is 26.4 Å². The lowest BCUT2D eigenvalue weighted by atomic mass is 10.1. The zero-order valence-electron chi connectivity index (χ0n) is 21.8. The third-order valence-corrected chi connectivity index (χ3v) is 7.53. The zero-order valence-corrected chi connectivity index (χ0v) is 24.2. The molecule has 0 atom stereocenters. The molecule has 0 bridgehead atoms. The Bertz CT molecular complexity index is 1630. The number of carbonyl (C=O) groups excluding carboxylic acids is 2. The van der Waals surface area contributed by atoms with Crippen molar-refractivity contribution in [1.29, 1.82) is 0 Å². The lowest BCUT2D eigenvalue weighted by Gasteiger charge is -2.19. The first-order valence-corrected chi connectivity index (χ1v) is 13.6. The van der Waals surface area contributed by atoms with E-state index >= 15 is 0 Å². The lowest BCUT2D eigenvalue weighted by Crippen LogP contribution is -2.35. The number of nitrogens with zero attached hydrogens (tertiary/aromatic N) is 2. The number of esters is 1. The van der Waals surface area contributed by atoms with Crippen molar-refractivity contribution in [3.8, 4) is 11.5 Å². The van der Waals surface area contributed by atoms with Gasteiger partial charge in [-0.25, -0.2) is 0 Å². The summed E-state index contributed by atoms with van der Waals surface area (Å²) in [5.74, 6) is 0.438. The molecular formula is C31H25BrN2O5S. The second kappa shape index (κ2) is 11.9. The van der Waals surface area contributed by atoms with E-state index in [-0.39, 0.29) is 23.3 Å². The molecule has 7 nitrogen and oxygen atoms in total. The fourth-order valence-corrected chi connectivity index (χ4v) is 5.30. The van der Waals surface area contributed by atoms with Crippen molar-refractivity contribution in [1.82, 2.24) is 4.90 Å². The van der Waals surface area contributed by atoms with Gasteiger partial charge in [-0.3, -0.25) is 14.5 Å². The van der Waals surface area contributed by atoms with Gasteiger partial charge in [0.15, 0.2) is 5.11 Å². The molecule has 0 radical (unpaired) electrons. The summed E-state index contributed by atoms with van der Waals surface area (Å²) in [5.41, 5.74) is 2.62. The maximum atomic E-state index is 13.6. The Morgan fingerprint density at radius 1 is 0.975 bits per heavy atom. The van der Waals surface area contributed by atoms with Crippen LogP contribution in [0.25, 0.3) is 16.8 Å². The van der Waals surface area contributed by atoms with Gasteiger partial charge >= 0.3 is 5.97 Å². The quantitative estimate of drug-likeness (QED) is 0.130. The molecule has 1 aliphatic heterocycles. The van der Waals surface area contributed by atoms with E-state index < -0.39 is 5.97 Å². The summed E-state index contributed by atoms with van der Waals surface area (Å²) in [7, 11) is 2.86. The topological polar surface area (TPSA) is 68.3 Å². The van der Waals surface area contributed by atoms with Crippen LogP contribution in [0.15, 0.2) is 95.1 Å². The van der Waals surface area contributed by atoms with Gasteiger partial charge in [0.05, 0.1) is 24.4 Å². The Balaban J connectivity index is 1.41. The van der Waals surface area contributed by atoms with Crippen molar-refractivity contribution < 1.29 is 23.8 Å². The minimum atomic E-state index is -0.518. The van der Waals surface area contributed by atoms with Gasteiger partial charge in [0.2, 0.25) is 0 Å². The van der Waals surface area contributed by atoms with Crippen LogP contribution in [-0.2, 0) is 20.9 Å². The molecule has 0 saturated carbocycles. The van der Waals surface area contributed by atoms with Gasteiger partial charge in [-0.05, 0) is 92.5 Å². The number of rotatable bonds is 8. The van der Waals surface area contributed by atoms with Crippen LogP contribution in [0.2, 0.25) is 0 Å². The predicted octanol–water partition coefficient (Wildman–Crippen LogP) is 6.34. The standard InChI is InChI=1S/C31H25BrN2O5S/c1-37-24-13-11-23(12-14-24)34-30(36)27(33(31(34)40)18-29(35)38-2)17-20-10-15-28(26(32)16-20)39-19-22-8-5-7-21-6-3-4-9-25(21)22/h3-17H,18-19H2,1-2H3/b27-17-. The summed E-state index contributed by atoms with van der Waals surface area (Å²) in [6, 6.07) is 26.8. The molecule has 0 aliphatic carbocycles. The molecule has 1 fully saturated rings. The van der Waals surface area contributed by atoms with Crippen molar-refractivity contribution in [2.75, 3.05) is 25.7 Å². The summed E-state index contributed by atoms with van der Waals surface area (Å²) in [4.78, 5) is 28.6. The number of halogens is 1. The van der Waals surface area contributed by atoms with Crippen molar-refractivity contribution in [2.24, 2.45) is 0 Å². The highest BCUT2D eigenvalue weighted by Crippen LogP contribution is 2.33. The van der Waals surface area contributed by atoms with Gasteiger partial charge in [0.25, 0.3) is 5.91 Å². The molecule has 1 aliphatic rings. The number of methoxy groups -OCH3 is 2. The van der Waals surface area contributed by atoms with Gasteiger partial charge in [0, 0.05) is 0 Å². The Morgan fingerprint density at radius 3 is 2.45 bits per heavy atom. The molecule has 9 heteroatoms. The molecule has 0 unspecified atom stereocenters. The number of ether oxygens (including phenoxy) is 3. The number of benzene rings is 4. The summed E-state index contributed by atoms with van der Waals surface area (Å²) in [6.07, 6.45) is 1.69. The molecule has 4 aromatic carbocycles. The number of hydrogen-bond acceptors (Lipinski definition) is 6. The number of hydrogen-bond donors (Lipinski definition) is 0. The highest BCUT2D eigenvalue weighted by Gasteiger charge is 2.40. The molecule has 202 valence electrons. The van der Waals surface area contributed by atoms with Crippen LogP contribution >= 0.6 is 28.1 Å². The average molecular weight is 618 g/mol. The van der Waals surface area contributed by atoms with E-state index in [1.807, 2.05) is 42.5 Å². The summed E-state index contributed by atoms with van der Waals surface area (Å²) in [5, 5.41) is 2.48. The molecule has 0 spiro atoms. The number of carbonyl (C=O) groups is 2. The van der Waals surface area contributed by atoms with E-state index in [2.05, 4.69) is 34.1 Å². The third-order valence-electron chi connectivity index (χ3n) is 6.50. The second-order valence-electron chi connectivity index (χ2n) is 8.93. The normalized spacial score (nSPS) is 14.2. The molecule has 1 saturated heterocycles. The number of amides is 1. The first-order valence-electron chi connectivity index (χ1n) is 12.4. The lowest BCUT2D eigenvalue weighted by molar-refractivity contribution is -0.140. The Kier molecular flexibility index (Phi) is 8.14. The summed E-state index contributed by atoms with van der Waals surface area (Å²) < 4.78 is 16.9. The van der Waals surface area contributed by atoms with Crippen molar-refractivity contribution in [2.45, 2.75) is 6.61 Å². The molecule has 5 rings (SSSR count). The van der Waals surface area contributed by atoms with E-state index in [0.717, 1.165) is 26.4 Å². The van der Waals surface area contributed by atoms with E-state index in [1.165, 1.54) is 16.9 Å². The zero-order chi connectivity index (χ0) is 28.2. The van der Waals surface area contributed by atoms with Gasteiger partial charge in [-0.15, -0.1) is 0 Å². The molecule has 1 heterocycles. The molecule has 0 aromatic heterocycles. The molecule has 0 N–H and O–H groups in total. The van der Waals surface area contributed by atoms with Crippen LogP contribution < -0.4 is 14.4 Å². The fourth-order valence-electron chi connectivity index (χ4n) is 4.44. The number of fused-ring (bicyclic) bond motifs is 1. The first-order chi connectivity index (χ1) is 19.4.